The van der Waals surface area contributed by atoms with Gasteiger partial charge in [-0.2, -0.15) is 0 Å². The number of hydrogen-bond acceptors (Lipinski definition) is 3. The molecule has 128 valence electrons. The molecule has 0 aliphatic carbocycles. The molecule has 0 saturated carbocycles. The summed E-state index contributed by atoms with van der Waals surface area (Å²) < 4.78 is 2.20. The van der Waals surface area contributed by atoms with Crippen molar-refractivity contribution in [2.24, 2.45) is 7.05 Å². The summed E-state index contributed by atoms with van der Waals surface area (Å²) >= 11 is 0. The van der Waals surface area contributed by atoms with Gasteiger partial charge in [0.25, 0.3) is 5.91 Å². The third-order valence-electron chi connectivity index (χ3n) is 4.70. The van der Waals surface area contributed by atoms with Crippen LogP contribution in [0.3, 0.4) is 0 Å². The van der Waals surface area contributed by atoms with E-state index in [4.69, 9.17) is 4.98 Å². The average molecular weight is 326 g/mol. The van der Waals surface area contributed by atoms with Gasteiger partial charge in [-0.1, -0.05) is 19.9 Å². The second-order valence-electron chi connectivity index (χ2n) is 7.00. The number of hydrogen-bond donors (Lipinski definition) is 0. The highest BCUT2D eigenvalue weighted by Gasteiger charge is 2.27. The Balaban J connectivity index is 1.84. The lowest BCUT2D eigenvalue weighted by Crippen LogP contribution is -2.36. The first kappa shape index (κ1) is 16.6. The van der Waals surface area contributed by atoms with Crippen molar-refractivity contribution in [1.29, 1.82) is 0 Å². The molecule has 24 heavy (non-hydrogen) atoms. The zero-order valence-corrected chi connectivity index (χ0v) is 15.2. The molecule has 0 spiro atoms. The van der Waals surface area contributed by atoms with Crippen LogP contribution in [-0.4, -0.2) is 41.0 Å². The number of anilines is 1. The van der Waals surface area contributed by atoms with Crippen molar-refractivity contribution in [2.75, 3.05) is 25.5 Å². The van der Waals surface area contributed by atoms with Gasteiger partial charge >= 0.3 is 0 Å². The number of imidazole rings is 1. The molecule has 0 bridgehead atoms. The van der Waals surface area contributed by atoms with Crippen LogP contribution in [0.4, 0.5) is 5.69 Å². The van der Waals surface area contributed by atoms with E-state index in [0.29, 0.717) is 12.5 Å². The molecule has 0 fully saturated rings. The monoisotopic (exact) mass is 326 g/mol. The van der Waals surface area contributed by atoms with Crippen molar-refractivity contribution in [3.63, 3.8) is 0 Å². The molecule has 5 nitrogen and oxygen atoms in total. The van der Waals surface area contributed by atoms with Crippen LogP contribution in [0.2, 0.25) is 0 Å². The van der Waals surface area contributed by atoms with Crippen molar-refractivity contribution in [3.05, 3.63) is 47.0 Å². The van der Waals surface area contributed by atoms with Gasteiger partial charge in [-0.3, -0.25) is 4.79 Å². The first-order valence-electron chi connectivity index (χ1n) is 8.49. The molecule has 0 N–H and O–H groups in total. The fourth-order valence-electron chi connectivity index (χ4n) is 3.34. The van der Waals surface area contributed by atoms with Crippen LogP contribution >= 0.6 is 0 Å². The van der Waals surface area contributed by atoms with Crippen LogP contribution in [-0.2, 0) is 20.0 Å². The lowest BCUT2D eigenvalue weighted by molar-refractivity contribution is 0.0731. The van der Waals surface area contributed by atoms with E-state index in [9.17, 15) is 4.79 Å². The fraction of sp³-hybridized carbons (Fsp3) is 0.474. The van der Waals surface area contributed by atoms with Gasteiger partial charge in [0.2, 0.25) is 0 Å². The first-order valence-corrected chi connectivity index (χ1v) is 8.49. The third kappa shape index (κ3) is 2.90. The number of aromatic nitrogens is 2. The van der Waals surface area contributed by atoms with E-state index in [-0.39, 0.29) is 5.91 Å². The molecule has 1 amide bonds. The minimum Gasteiger partial charge on any atom is -0.378 e. The van der Waals surface area contributed by atoms with Crippen LogP contribution in [0.15, 0.2) is 24.3 Å². The van der Waals surface area contributed by atoms with Crippen LogP contribution in [0.25, 0.3) is 0 Å². The van der Waals surface area contributed by atoms with Crippen molar-refractivity contribution >= 4 is 11.6 Å². The van der Waals surface area contributed by atoms with E-state index in [1.165, 1.54) is 5.69 Å². The van der Waals surface area contributed by atoms with Crippen LogP contribution in [0.5, 0.6) is 0 Å². The van der Waals surface area contributed by atoms with E-state index in [2.05, 4.69) is 25.5 Å². The summed E-state index contributed by atoms with van der Waals surface area (Å²) in [5.74, 6) is 1.58. The Morgan fingerprint density at radius 3 is 2.71 bits per heavy atom. The maximum Gasteiger partial charge on any atom is 0.254 e. The zero-order valence-electron chi connectivity index (χ0n) is 15.2. The predicted octanol–water partition coefficient (Wildman–Crippen LogP) is 2.81. The van der Waals surface area contributed by atoms with E-state index in [1.54, 1.807) is 0 Å². The molecule has 0 atom stereocenters. The quantitative estimate of drug-likeness (QED) is 0.871. The minimum absolute atomic E-state index is 0.0844. The summed E-state index contributed by atoms with van der Waals surface area (Å²) in [6, 6.07) is 7.80. The van der Waals surface area contributed by atoms with E-state index < -0.39 is 0 Å². The molecular formula is C19H26N4O. The van der Waals surface area contributed by atoms with Crippen molar-refractivity contribution < 1.29 is 4.79 Å². The van der Waals surface area contributed by atoms with Gasteiger partial charge in [0.05, 0.1) is 12.2 Å². The maximum absolute atomic E-state index is 12.9. The molecule has 0 radical (unpaired) electrons. The SMILES string of the molecule is CC(C)c1nc2c(n1C)CCN(C(=O)c1cccc(N(C)C)c1)C2. The number of fused-ring (bicyclic) bond motifs is 1. The summed E-state index contributed by atoms with van der Waals surface area (Å²) in [7, 11) is 6.05. The molecule has 1 aromatic carbocycles. The number of carbonyl (C=O) groups is 1. The second-order valence-corrected chi connectivity index (χ2v) is 7.00. The molecule has 2 aromatic rings. The van der Waals surface area contributed by atoms with E-state index >= 15 is 0 Å². The molecule has 0 unspecified atom stereocenters. The van der Waals surface area contributed by atoms with Gasteiger partial charge < -0.3 is 14.4 Å². The smallest absolute Gasteiger partial charge is 0.254 e. The normalized spacial score (nSPS) is 14.0. The van der Waals surface area contributed by atoms with Gasteiger partial charge in [-0.25, -0.2) is 4.98 Å². The Morgan fingerprint density at radius 2 is 2.04 bits per heavy atom. The number of nitrogens with zero attached hydrogens (tertiary/aromatic N) is 4. The number of rotatable bonds is 3. The molecule has 5 heteroatoms. The molecule has 2 heterocycles. The summed E-state index contributed by atoms with van der Waals surface area (Å²) in [6.45, 7) is 5.66. The lowest BCUT2D eigenvalue weighted by Gasteiger charge is -2.27. The van der Waals surface area contributed by atoms with Crippen LogP contribution in [0.1, 0.15) is 47.3 Å². The highest BCUT2D eigenvalue weighted by atomic mass is 16.2. The van der Waals surface area contributed by atoms with Gasteiger partial charge in [-0.15, -0.1) is 0 Å². The van der Waals surface area contributed by atoms with Crippen molar-refractivity contribution in [2.45, 2.75) is 32.7 Å². The molecule has 1 aliphatic heterocycles. The average Bonchev–Trinajstić information content (AvgIpc) is 2.91. The lowest BCUT2D eigenvalue weighted by atomic mass is 10.1. The van der Waals surface area contributed by atoms with Gasteiger partial charge in [0.15, 0.2) is 0 Å². The molecule has 0 saturated heterocycles. The Hall–Kier alpha value is -2.30. The maximum atomic E-state index is 12.9. The standard InChI is InChI=1S/C19H26N4O/c1-13(2)18-20-16-12-23(10-9-17(16)22(18)5)19(24)14-7-6-8-15(11-14)21(3)4/h6-8,11,13H,9-10,12H2,1-5H3. The zero-order chi connectivity index (χ0) is 17.4. The summed E-state index contributed by atoms with van der Waals surface area (Å²) in [4.78, 5) is 21.6. The molecule has 3 rings (SSSR count). The molecule has 1 aliphatic rings. The highest BCUT2D eigenvalue weighted by molar-refractivity contribution is 5.95. The van der Waals surface area contributed by atoms with Crippen molar-refractivity contribution in [1.82, 2.24) is 14.5 Å². The topological polar surface area (TPSA) is 41.4 Å². The molecule has 1 aromatic heterocycles. The van der Waals surface area contributed by atoms with E-state index in [0.717, 1.165) is 35.7 Å². The van der Waals surface area contributed by atoms with Crippen molar-refractivity contribution in [3.8, 4) is 0 Å². The van der Waals surface area contributed by atoms with Crippen LogP contribution < -0.4 is 4.90 Å². The number of amides is 1. The fourth-order valence-corrected chi connectivity index (χ4v) is 3.34. The van der Waals surface area contributed by atoms with E-state index in [1.807, 2.05) is 48.2 Å². The van der Waals surface area contributed by atoms with Crippen LogP contribution in [0, 0.1) is 0 Å². The summed E-state index contributed by atoms with van der Waals surface area (Å²) in [5, 5.41) is 0. The Kier molecular flexibility index (Phi) is 4.35. The summed E-state index contributed by atoms with van der Waals surface area (Å²) in [5.41, 5.74) is 4.09. The largest absolute Gasteiger partial charge is 0.378 e. The van der Waals surface area contributed by atoms with Gasteiger partial charge in [0.1, 0.15) is 5.82 Å². The molecular weight excluding hydrogens is 300 g/mol. The Morgan fingerprint density at radius 1 is 1.29 bits per heavy atom. The third-order valence-corrected chi connectivity index (χ3v) is 4.70. The minimum atomic E-state index is 0.0844. The Bertz CT molecular complexity index is 761. The summed E-state index contributed by atoms with van der Waals surface area (Å²) in [6.07, 6.45) is 0.866. The highest BCUT2D eigenvalue weighted by Crippen LogP contribution is 2.25. The van der Waals surface area contributed by atoms with Gasteiger partial charge in [0, 0.05) is 57.0 Å². The van der Waals surface area contributed by atoms with Gasteiger partial charge in [-0.05, 0) is 18.2 Å². The predicted molar refractivity (Wildman–Crippen MR) is 96.5 cm³/mol. The number of benzene rings is 1. The number of carbonyl (C=O) groups excluding carboxylic acids is 1. The Labute approximate surface area is 143 Å². The first-order chi connectivity index (χ1) is 11.4. The second kappa shape index (κ2) is 6.30.